The van der Waals surface area contributed by atoms with Gasteiger partial charge in [0, 0.05) is 29.3 Å². The summed E-state index contributed by atoms with van der Waals surface area (Å²) in [4.78, 5) is 19.1. The Balaban J connectivity index is 1.61. The number of ether oxygens (including phenoxy) is 2. The molecule has 0 bridgehead atoms. The smallest absolute Gasteiger partial charge is 0.262 e. The van der Waals surface area contributed by atoms with Crippen LogP contribution in [-0.4, -0.2) is 47.6 Å². The number of thiophene rings is 1. The number of nitrogens with zero attached hydrogens (tertiary/aromatic N) is 3. The number of carbonyl (C=O) groups excluding carboxylic acids is 1. The van der Waals surface area contributed by atoms with Gasteiger partial charge in [-0.25, -0.2) is 4.98 Å². The van der Waals surface area contributed by atoms with Crippen LogP contribution in [0.3, 0.4) is 0 Å². The fourth-order valence-electron chi connectivity index (χ4n) is 3.62. The third-order valence-electron chi connectivity index (χ3n) is 5.33. The molecule has 0 spiro atoms. The van der Waals surface area contributed by atoms with E-state index in [1.54, 1.807) is 6.33 Å². The van der Waals surface area contributed by atoms with Crippen LogP contribution in [0.25, 0.3) is 16.0 Å². The molecule has 1 unspecified atom stereocenters. The van der Waals surface area contributed by atoms with Gasteiger partial charge < -0.3 is 20.1 Å². The summed E-state index contributed by atoms with van der Waals surface area (Å²) in [6.45, 7) is 3.47. The topological polar surface area (TPSA) is 82.6 Å². The predicted molar refractivity (Wildman–Crippen MR) is 137 cm³/mol. The highest BCUT2D eigenvalue weighted by molar-refractivity contribution is 7.16. The molecule has 0 aliphatic rings. The first-order valence-corrected chi connectivity index (χ1v) is 12.1. The van der Waals surface area contributed by atoms with Crippen molar-refractivity contribution in [1.29, 1.82) is 0 Å². The average molecular weight is 499 g/mol. The summed E-state index contributed by atoms with van der Waals surface area (Å²) >= 11 is 7.58. The van der Waals surface area contributed by atoms with Crippen LogP contribution in [0.4, 0.5) is 0 Å². The minimum absolute atomic E-state index is 0.340. The van der Waals surface area contributed by atoms with E-state index in [1.807, 2.05) is 74.1 Å². The molecule has 1 atom stereocenters. The second kappa shape index (κ2) is 10.5. The zero-order valence-electron chi connectivity index (χ0n) is 19.3. The lowest BCUT2D eigenvalue weighted by atomic mass is 10.1. The lowest BCUT2D eigenvalue weighted by Crippen LogP contribution is -2.15. The first-order chi connectivity index (χ1) is 16.3. The number of benzene rings is 2. The van der Waals surface area contributed by atoms with Gasteiger partial charge in [-0.05, 0) is 45.6 Å². The molecule has 0 aliphatic heterocycles. The van der Waals surface area contributed by atoms with Crippen LogP contribution in [0.5, 0.6) is 11.5 Å². The lowest BCUT2D eigenvalue weighted by Gasteiger charge is -2.16. The normalized spacial score (nSPS) is 12.3. The number of nitrogens with two attached hydrogens (primary N) is 1. The fraction of sp³-hybridized carbons (Fsp3) is 0.280. The van der Waals surface area contributed by atoms with Crippen LogP contribution in [-0.2, 0) is 0 Å². The molecule has 2 heterocycles. The van der Waals surface area contributed by atoms with Gasteiger partial charge in [0.25, 0.3) is 5.91 Å². The third-order valence-corrected chi connectivity index (χ3v) is 6.80. The van der Waals surface area contributed by atoms with Gasteiger partial charge in [-0.1, -0.05) is 29.8 Å². The highest BCUT2D eigenvalue weighted by Crippen LogP contribution is 2.37. The van der Waals surface area contributed by atoms with Crippen LogP contribution in [0.15, 0.2) is 54.9 Å². The highest BCUT2D eigenvalue weighted by atomic mass is 35.5. The Morgan fingerprint density at radius 1 is 1.24 bits per heavy atom. The largest absolute Gasteiger partial charge is 0.493 e. The summed E-state index contributed by atoms with van der Waals surface area (Å²) in [5, 5.41) is 1.37. The van der Waals surface area contributed by atoms with Crippen LogP contribution in [0.1, 0.15) is 34.7 Å². The number of carbonyl (C=O) groups is 1. The van der Waals surface area contributed by atoms with Crippen molar-refractivity contribution in [3.8, 4) is 16.5 Å². The van der Waals surface area contributed by atoms with Crippen molar-refractivity contribution in [3.63, 3.8) is 0 Å². The monoisotopic (exact) mass is 498 g/mol. The maximum Gasteiger partial charge on any atom is 0.262 e. The molecule has 0 aliphatic carbocycles. The quantitative estimate of drug-likeness (QED) is 0.299. The van der Waals surface area contributed by atoms with Crippen molar-refractivity contribution < 1.29 is 14.3 Å². The van der Waals surface area contributed by atoms with Gasteiger partial charge in [-0.3, -0.25) is 9.36 Å². The minimum Gasteiger partial charge on any atom is -0.493 e. The summed E-state index contributed by atoms with van der Waals surface area (Å²) in [6.07, 6.45) is 2.29. The van der Waals surface area contributed by atoms with Crippen molar-refractivity contribution in [1.82, 2.24) is 14.5 Å². The molecular formula is C25H27ClN4O3S. The molecule has 0 fully saturated rings. The molecule has 7 nitrogen and oxygen atoms in total. The minimum atomic E-state index is -0.549. The summed E-state index contributed by atoms with van der Waals surface area (Å²) in [5.74, 6) is 0.633. The number of amides is 1. The number of halogens is 1. The standard InChI is InChI=1S/C25H27ClN4O3S/c1-16(18-7-4-5-8-19(18)26)33-22-14-23(34-24(22)25(27)31)30-15-28-20-10-9-17(13-21(20)30)32-12-6-11-29(2)3/h4-5,7-10,13-16H,6,11-12H2,1-3H3,(H2,27,31). The number of hydrogen-bond acceptors (Lipinski definition) is 6. The van der Waals surface area contributed by atoms with Gasteiger partial charge in [0.1, 0.15) is 33.8 Å². The summed E-state index contributed by atoms with van der Waals surface area (Å²) < 4.78 is 14.0. The Morgan fingerprint density at radius 3 is 2.76 bits per heavy atom. The predicted octanol–water partition coefficient (Wildman–Crippen LogP) is 5.31. The first kappa shape index (κ1) is 24.1. The molecule has 178 valence electrons. The summed E-state index contributed by atoms with van der Waals surface area (Å²) in [7, 11) is 4.08. The maximum absolute atomic E-state index is 12.2. The Kier molecular flexibility index (Phi) is 7.41. The fourth-order valence-corrected chi connectivity index (χ4v) is 4.84. The molecule has 2 N–H and O–H groups in total. The van der Waals surface area contributed by atoms with Crippen molar-refractivity contribution in [3.05, 3.63) is 70.3 Å². The molecule has 4 rings (SSSR count). The third kappa shape index (κ3) is 5.35. The second-order valence-corrected chi connectivity index (χ2v) is 9.63. The number of aromatic nitrogens is 2. The van der Waals surface area contributed by atoms with E-state index in [0.717, 1.165) is 40.3 Å². The van der Waals surface area contributed by atoms with Crippen molar-refractivity contribution in [2.75, 3.05) is 27.2 Å². The van der Waals surface area contributed by atoms with Crippen LogP contribution in [0, 0.1) is 0 Å². The zero-order valence-corrected chi connectivity index (χ0v) is 20.9. The van der Waals surface area contributed by atoms with E-state index in [9.17, 15) is 4.79 Å². The molecule has 1 amide bonds. The summed E-state index contributed by atoms with van der Waals surface area (Å²) in [6, 6.07) is 15.1. The van der Waals surface area contributed by atoms with E-state index in [1.165, 1.54) is 11.3 Å². The van der Waals surface area contributed by atoms with Gasteiger partial charge in [0.15, 0.2) is 0 Å². The van der Waals surface area contributed by atoms with Gasteiger partial charge >= 0.3 is 0 Å². The van der Waals surface area contributed by atoms with Crippen molar-refractivity contribution >= 4 is 39.9 Å². The van der Waals surface area contributed by atoms with Crippen LogP contribution in [0.2, 0.25) is 5.02 Å². The van der Waals surface area contributed by atoms with Crippen LogP contribution < -0.4 is 15.2 Å². The zero-order chi connectivity index (χ0) is 24.2. The Labute approximate surface area is 207 Å². The maximum atomic E-state index is 12.2. The van der Waals surface area contributed by atoms with Crippen molar-refractivity contribution in [2.45, 2.75) is 19.4 Å². The van der Waals surface area contributed by atoms with E-state index in [4.69, 9.17) is 26.8 Å². The Hall–Kier alpha value is -3.07. The Morgan fingerprint density at radius 2 is 2.03 bits per heavy atom. The van der Waals surface area contributed by atoms with Crippen molar-refractivity contribution in [2.24, 2.45) is 5.73 Å². The van der Waals surface area contributed by atoms with E-state index >= 15 is 0 Å². The molecule has 9 heteroatoms. The van der Waals surface area contributed by atoms with Crippen LogP contribution >= 0.6 is 22.9 Å². The van der Waals surface area contributed by atoms with Gasteiger partial charge in [-0.15, -0.1) is 11.3 Å². The number of imidazole rings is 1. The molecule has 0 radical (unpaired) electrons. The molecule has 4 aromatic rings. The van der Waals surface area contributed by atoms with Gasteiger partial charge in [0.05, 0.1) is 17.6 Å². The van der Waals surface area contributed by atoms with E-state index in [2.05, 4.69) is 9.88 Å². The second-order valence-electron chi connectivity index (χ2n) is 8.19. The molecule has 0 saturated heterocycles. The molecule has 2 aromatic carbocycles. The Bertz CT molecular complexity index is 1300. The average Bonchev–Trinajstić information content (AvgIpc) is 3.40. The SMILES string of the molecule is CC(Oc1cc(-n2cnc3ccc(OCCCN(C)C)cc32)sc1C(N)=O)c1ccccc1Cl. The lowest BCUT2D eigenvalue weighted by molar-refractivity contribution is 0.0998. The van der Waals surface area contributed by atoms with E-state index in [0.29, 0.717) is 22.3 Å². The van der Waals surface area contributed by atoms with E-state index in [-0.39, 0.29) is 6.10 Å². The summed E-state index contributed by atoms with van der Waals surface area (Å²) in [5.41, 5.74) is 8.19. The number of fused-ring (bicyclic) bond motifs is 1. The number of primary amides is 1. The van der Waals surface area contributed by atoms with Gasteiger partial charge in [0.2, 0.25) is 0 Å². The number of rotatable bonds is 10. The number of hydrogen-bond donors (Lipinski definition) is 1. The molecule has 0 saturated carbocycles. The molecular weight excluding hydrogens is 472 g/mol. The highest BCUT2D eigenvalue weighted by Gasteiger charge is 2.21. The van der Waals surface area contributed by atoms with E-state index < -0.39 is 5.91 Å². The molecule has 34 heavy (non-hydrogen) atoms. The first-order valence-electron chi connectivity index (χ1n) is 10.9. The van der Waals surface area contributed by atoms with Gasteiger partial charge in [-0.2, -0.15) is 0 Å². The molecule has 2 aromatic heterocycles.